The number of hydrogen-bond donors (Lipinski definition) is 1. The molecule has 0 spiro atoms. The van der Waals surface area contributed by atoms with Gasteiger partial charge < -0.3 is 10.2 Å². The van der Waals surface area contributed by atoms with Crippen LogP contribution in [0.3, 0.4) is 0 Å². The zero-order chi connectivity index (χ0) is 21.1. The quantitative estimate of drug-likeness (QED) is 0.508. The van der Waals surface area contributed by atoms with Crippen LogP contribution in [0.15, 0.2) is 41.1 Å². The number of rotatable bonds is 3. The number of amides is 1. The van der Waals surface area contributed by atoms with Crippen molar-refractivity contribution in [3.8, 4) is 11.5 Å². The number of aromatic nitrogens is 3. The number of furan rings is 1. The molecule has 0 unspecified atom stereocenters. The highest BCUT2D eigenvalue weighted by molar-refractivity contribution is 5.98. The lowest BCUT2D eigenvalue weighted by Gasteiger charge is -2.16. The van der Waals surface area contributed by atoms with Crippen LogP contribution in [0.4, 0.5) is 22.0 Å². The summed E-state index contributed by atoms with van der Waals surface area (Å²) in [5, 5.41) is -0.378. The number of hydrogen-bond acceptors (Lipinski definition) is 4. The van der Waals surface area contributed by atoms with E-state index < -0.39 is 29.3 Å². The number of imidazole rings is 1. The van der Waals surface area contributed by atoms with E-state index in [0.717, 1.165) is 10.5 Å². The van der Waals surface area contributed by atoms with Crippen molar-refractivity contribution in [2.45, 2.75) is 19.0 Å². The average Bonchev–Trinajstić information content (AvgIpc) is 3.25. The van der Waals surface area contributed by atoms with Gasteiger partial charge in [-0.3, -0.25) is 9.20 Å². The van der Waals surface area contributed by atoms with Gasteiger partial charge in [-0.05, 0) is 24.3 Å². The molecule has 0 fully saturated rings. The number of carbonyl (C=O) groups is 1. The molecule has 150 valence electrons. The molecule has 0 aromatic carbocycles. The summed E-state index contributed by atoms with van der Waals surface area (Å²) in [6.07, 6.45) is -2.43. The van der Waals surface area contributed by atoms with Crippen molar-refractivity contribution in [1.82, 2.24) is 14.4 Å². The van der Waals surface area contributed by atoms with Crippen LogP contribution in [-0.2, 0) is 12.1 Å². The Morgan fingerprint density at radius 1 is 1.14 bits per heavy atom. The minimum atomic E-state index is -4.88. The molecule has 6 nitrogen and oxygen atoms in total. The molecule has 0 bridgehead atoms. The molecule has 0 saturated heterocycles. The van der Waals surface area contributed by atoms with E-state index in [4.69, 9.17) is 10.2 Å². The second kappa shape index (κ2) is 6.00. The maximum absolute atomic E-state index is 13.8. The van der Waals surface area contributed by atoms with E-state index in [9.17, 15) is 26.7 Å². The number of pyridine rings is 2. The van der Waals surface area contributed by atoms with Gasteiger partial charge >= 0.3 is 6.18 Å². The molecule has 0 aliphatic heterocycles. The summed E-state index contributed by atoms with van der Waals surface area (Å²) in [6.45, 7) is 0.461. The van der Waals surface area contributed by atoms with E-state index in [2.05, 4.69) is 9.97 Å². The molecule has 29 heavy (non-hydrogen) atoms. The molecule has 4 aromatic rings. The largest absolute Gasteiger partial charge is 0.462 e. The van der Waals surface area contributed by atoms with Crippen LogP contribution >= 0.6 is 0 Å². The Morgan fingerprint density at radius 3 is 2.48 bits per heavy atom. The Hall–Kier alpha value is -3.50. The molecule has 0 aliphatic rings. The molecular formula is C18H11F5N4O2. The lowest BCUT2D eigenvalue weighted by Crippen LogP contribution is -2.15. The number of nitrogens with zero attached hydrogens (tertiary/aromatic N) is 3. The first-order valence-electron chi connectivity index (χ1n) is 8.13. The molecule has 2 N–H and O–H groups in total. The number of fused-ring (bicyclic) bond motifs is 3. The molecule has 1 amide bonds. The summed E-state index contributed by atoms with van der Waals surface area (Å²) < 4.78 is 74.4. The smallest absolute Gasteiger partial charge is 0.417 e. The molecule has 0 atom stereocenters. The first-order valence-corrected chi connectivity index (χ1v) is 8.13. The first kappa shape index (κ1) is 18.8. The van der Waals surface area contributed by atoms with Gasteiger partial charge in [0.15, 0.2) is 5.76 Å². The second-order valence-electron chi connectivity index (χ2n) is 6.39. The zero-order valence-corrected chi connectivity index (χ0v) is 14.6. The van der Waals surface area contributed by atoms with Crippen molar-refractivity contribution in [3.63, 3.8) is 0 Å². The van der Waals surface area contributed by atoms with Gasteiger partial charge in [-0.2, -0.15) is 22.0 Å². The van der Waals surface area contributed by atoms with Crippen LogP contribution in [0.5, 0.6) is 0 Å². The highest BCUT2D eigenvalue weighted by Gasteiger charge is 2.37. The van der Waals surface area contributed by atoms with Gasteiger partial charge in [-0.25, -0.2) is 9.97 Å². The molecule has 0 radical (unpaired) electrons. The maximum Gasteiger partial charge on any atom is 0.417 e. The number of carbonyl (C=O) groups excluding carboxylic acids is 1. The Morgan fingerprint density at radius 2 is 1.86 bits per heavy atom. The van der Waals surface area contributed by atoms with Crippen molar-refractivity contribution in [2.75, 3.05) is 0 Å². The van der Waals surface area contributed by atoms with E-state index in [1.807, 2.05) is 0 Å². The number of primary amides is 1. The molecule has 0 aliphatic carbocycles. The minimum absolute atomic E-state index is 0.00220. The lowest BCUT2D eigenvalue weighted by atomic mass is 10.1. The van der Waals surface area contributed by atoms with E-state index in [1.165, 1.54) is 24.6 Å². The molecule has 11 heteroatoms. The fourth-order valence-corrected chi connectivity index (χ4v) is 3.00. The standard InChI is InChI=1S/C18H11F5N4O2/c1-17(19,20)12-6-10(18(21,22)23)8-2-3-13-25-11(7-27(13)16(8)26-12)14-9(15(24)28)4-5-29-14/h2-7H,1H3,(H2,24,28). The number of alkyl halides is 5. The summed E-state index contributed by atoms with van der Waals surface area (Å²) in [7, 11) is 0. The second-order valence-corrected chi connectivity index (χ2v) is 6.39. The molecular weight excluding hydrogens is 399 g/mol. The molecule has 4 rings (SSSR count). The lowest BCUT2D eigenvalue weighted by molar-refractivity contribution is -0.136. The van der Waals surface area contributed by atoms with Gasteiger partial charge in [0.25, 0.3) is 11.8 Å². The highest BCUT2D eigenvalue weighted by Crippen LogP contribution is 2.38. The SMILES string of the molecule is CC(F)(F)c1cc(C(F)(F)F)c2ccc3nc(-c4occc4C(N)=O)cn3c2n1. The van der Waals surface area contributed by atoms with Crippen molar-refractivity contribution in [3.05, 3.63) is 53.5 Å². The number of nitrogens with two attached hydrogens (primary N) is 1. The van der Waals surface area contributed by atoms with Crippen molar-refractivity contribution < 1.29 is 31.2 Å². The van der Waals surface area contributed by atoms with Crippen LogP contribution in [0.2, 0.25) is 0 Å². The van der Waals surface area contributed by atoms with Crippen LogP contribution < -0.4 is 5.73 Å². The van der Waals surface area contributed by atoms with Crippen molar-refractivity contribution in [2.24, 2.45) is 5.73 Å². The number of halogens is 5. The van der Waals surface area contributed by atoms with Crippen LogP contribution in [0, 0.1) is 0 Å². The monoisotopic (exact) mass is 410 g/mol. The van der Waals surface area contributed by atoms with E-state index in [0.29, 0.717) is 13.0 Å². The third kappa shape index (κ3) is 3.08. The normalized spacial score (nSPS) is 12.8. The third-order valence-electron chi connectivity index (χ3n) is 4.32. The van der Waals surface area contributed by atoms with E-state index in [1.54, 1.807) is 0 Å². The third-order valence-corrected chi connectivity index (χ3v) is 4.32. The summed E-state index contributed by atoms with van der Waals surface area (Å²) in [5.41, 5.74) is 2.85. The zero-order valence-electron chi connectivity index (χ0n) is 14.6. The minimum Gasteiger partial charge on any atom is -0.462 e. The van der Waals surface area contributed by atoms with Crippen molar-refractivity contribution >= 4 is 22.6 Å². The Kier molecular flexibility index (Phi) is 3.90. The van der Waals surface area contributed by atoms with Gasteiger partial charge in [-0.1, -0.05) is 0 Å². The summed E-state index contributed by atoms with van der Waals surface area (Å²) in [4.78, 5) is 19.4. The molecule has 4 heterocycles. The molecule has 4 aromatic heterocycles. The summed E-state index contributed by atoms with van der Waals surface area (Å²) >= 11 is 0. The van der Waals surface area contributed by atoms with E-state index in [-0.39, 0.29) is 33.7 Å². The highest BCUT2D eigenvalue weighted by atomic mass is 19.4. The van der Waals surface area contributed by atoms with Gasteiger partial charge in [0, 0.05) is 18.5 Å². The topological polar surface area (TPSA) is 86.4 Å². The average molecular weight is 410 g/mol. The van der Waals surface area contributed by atoms with Gasteiger partial charge in [0.1, 0.15) is 22.7 Å². The van der Waals surface area contributed by atoms with Crippen LogP contribution in [0.1, 0.15) is 28.5 Å². The Bertz CT molecular complexity index is 1270. The summed E-state index contributed by atoms with van der Waals surface area (Å²) in [6, 6.07) is 4.03. The predicted molar refractivity (Wildman–Crippen MR) is 91.3 cm³/mol. The first-order chi connectivity index (χ1) is 13.5. The van der Waals surface area contributed by atoms with Gasteiger partial charge in [0.05, 0.1) is 17.4 Å². The fraction of sp³-hybridized carbons (Fsp3) is 0.167. The van der Waals surface area contributed by atoms with Crippen molar-refractivity contribution in [1.29, 1.82) is 0 Å². The predicted octanol–water partition coefficient (Wildman–Crippen LogP) is 4.37. The Balaban J connectivity index is 2.06. The van der Waals surface area contributed by atoms with Gasteiger partial charge in [0.2, 0.25) is 0 Å². The van der Waals surface area contributed by atoms with Crippen LogP contribution in [0.25, 0.3) is 28.1 Å². The van der Waals surface area contributed by atoms with Crippen LogP contribution in [-0.4, -0.2) is 20.3 Å². The van der Waals surface area contributed by atoms with E-state index >= 15 is 0 Å². The maximum atomic E-state index is 13.8. The Labute approximate surface area is 158 Å². The molecule has 0 saturated carbocycles. The fourth-order valence-electron chi connectivity index (χ4n) is 3.00. The van der Waals surface area contributed by atoms with Gasteiger partial charge in [-0.15, -0.1) is 0 Å². The summed E-state index contributed by atoms with van der Waals surface area (Å²) in [5.74, 6) is -4.39.